The van der Waals surface area contributed by atoms with Gasteiger partial charge in [-0.1, -0.05) is 6.08 Å². The minimum atomic E-state index is -3.25. The van der Waals surface area contributed by atoms with Crippen LogP contribution in [0.2, 0.25) is 0 Å². The highest BCUT2D eigenvalue weighted by molar-refractivity contribution is 7.88. The first kappa shape index (κ1) is 24.5. The topological polar surface area (TPSA) is 142 Å². The minimum absolute atomic E-state index is 0.308. The summed E-state index contributed by atoms with van der Waals surface area (Å²) in [6.07, 6.45) is 5.06. The van der Waals surface area contributed by atoms with Crippen molar-refractivity contribution in [1.29, 1.82) is 5.26 Å². The van der Waals surface area contributed by atoms with Crippen LogP contribution in [0.5, 0.6) is 0 Å². The number of benzene rings is 1. The molecule has 0 aliphatic carbocycles. The third kappa shape index (κ3) is 4.75. The molecular weight excluding hydrogens is 500 g/mol. The molecule has 1 amide bonds. The molecule has 1 aromatic carbocycles. The number of nitriles is 1. The van der Waals surface area contributed by atoms with Crippen LogP contribution >= 0.6 is 11.3 Å². The summed E-state index contributed by atoms with van der Waals surface area (Å²) in [5, 5.41) is 26.1. The number of hydrogen-bond acceptors (Lipinski definition) is 8. The largest absolute Gasteiger partial charge is 0.391 e. The van der Waals surface area contributed by atoms with E-state index in [2.05, 4.69) is 26.3 Å². The molecule has 188 valence electrons. The number of rotatable bonds is 5. The number of piperidine rings is 1. The number of aliphatic hydroxyl groups excluding tert-OH is 1. The molecular formula is C24H26N6O4S2. The Bertz CT molecular complexity index is 1470. The fourth-order valence-corrected chi connectivity index (χ4v) is 6.12. The average Bonchev–Trinajstić information content (AvgIpc) is 3.55. The molecule has 12 heteroatoms. The van der Waals surface area contributed by atoms with Crippen LogP contribution < -0.4 is 10.2 Å². The number of amides is 1. The smallest absolute Gasteiger partial charge is 0.280 e. The van der Waals surface area contributed by atoms with Crippen molar-refractivity contribution < 1.29 is 18.3 Å². The monoisotopic (exact) mass is 526 g/mol. The predicted octanol–water partition coefficient (Wildman–Crippen LogP) is 1.91. The van der Waals surface area contributed by atoms with Crippen LogP contribution in [0.25, 0.3) is 16.5 Å². The number of fused-ring (bicyclic) bond motifs is 1. The highest BCUT2D eigenvalue weighted by Crippen LogP contribution is 2.35. The first-order valence-electron chi connectivity index (χ1n) is 11.6. The minimum Gasteiger partial charge on any atom is -0.391 e. The molecule has 4 heterocycles. The fraction of sp³-hybridized carbons (Fsp3) is 0.375. The van der Waals surface area contributed by atoms with Gasteiger partial charge in [0.05, 0.1) is 29.5 Å². The van der Waals surface area contributed by atoms with Gasteiger partial charge in [-0.15, -0.1) is 11.3 Å². The summed E-state index contributed by atoms with van der Waals surface area (Å²) < 4.78 is 25.1. The molecule has 0 radical (unpaired) electrons. The van der Waals surface area contributed by atoms with Crippen molar-refractivity contribution in [3.05, 3.63) is 52.1 Å². The molecule has 2 aromatic heterocycles. The predicted molar refractivity (Wildman–Crippen MR) is 138 cm³/mol. The van der Waals surface area contributed by atoms with Gasteiger partial charge in [0.1, 0.15) is 6.07 Å². The Morgan fingerprint density at radius 3 is 2.86 bits per heavy atom. The Morgan fingerprint density at radius 2 is 2.19 bits per heavy atom. The van der Waals surface area contributed by atoms with E-state index in [9.17, 15) is 23.6 Å². The highest BCUT2D eigenvalue weighted by Gasteiger charge is 2.31. The third-order valence-electron chi connectivity index (χ3n) is 6.74. The van der Waals surface area contributed by atoms with Gasteiger partial charge < -0.3 is 20.3 Å². The highest BCUT2D eigenvalue weighted by atomic mass is 32.2. The second kappa shape index (κ2) is 9.67. The van der Waals surface area contributed by atoms with Crippen LogP contribution in [0, 0.1) is 11.3 Å². The van der Waals surface area contributed by atoms with Crippen LogP contribution in [0.1, 0.15) is 33.9 Å². The molecule has 3 aromatic rings. The van der Waals surface area contributed by atoms with E-state index in [1.54, 1.807) is 17.6 Å². The molecule has 5 rings (SSSR count). The average molecular weight is 527 g/mol. The lowest BCUT2D eigenvalue weighted by Crippen LogP contribution is -2.55. The van der Waals surface area contributed by atoms with E-state index in [-0.39, 0.29) is 5.91 Å². The number of anilines is 1. The van der Waals surface area contributed by atoms with Gasteiger partial charge in [-0.2, -0.15) is 9.57 Å². The molecule has 2 aliphatic heterocycles. The number of aromatic nitrogens is 2. The Morgan fingerprint density at radius 1 is 1.36 bits per heavy atom. The van der Waals surface area contributed by atoms with E-state index in [1.807, 2.05) is 18.2 Å². The molecule has 1 saturated heterocycles. The molecule has 0 spiro atoms. The van der Waals surface area contributed by atoms with Gasteiger partial charge in [-0.3, -0.25) is 4.79 Å². The lowest BCUT2D eigenvalue weighted by atomic mass is 10.00. The van der Waals surface area contributed by atoms with Crippen molar-refractivity contribution in [1.82, 2.24) is 19.6 Å². The Kier molecular flexibility index (Phi) is 6.57. The van der Waals surface area contributed by atoms with Crippen molar-refractivity contribution in [2.24, 2.45) is 0 Å². The Labute approximate surface area is 212 Å². The van der Waals surface area contributed by atoms with Gasteiger partial charge in [0.25, 0.3) is 5.91 Å². The van der Waals surface area contributed by atoms with Crippen LogP contribution in [0.15, 0.2) is 35.9 Å². The van der Waals surface area contributed by atoms with Crippen LogP contribution in [0.4, 0.5) is 5.69 Å². The van der Waals surface area contributed by atoms with Crippen LogP contribution in [-0.4, -0.2) is 78.3 Å². The van der Waals surface area contributed by atoms with E-state index in [0.29, 0.717) is 55.1 Å². The standard InChI is InChI=1S/C24H26N6O4S2/c1-36(33,34)30-9-4-15(5-10-30)18-12-17-20(3-2-16(13-25)22(17)27-18)29-8-6-21(31)19(14-29)28-23(32)24-26-7-11-35-24/h2-4,7,11-12,19,21,27,31H,5-6,8-10,14H2,1H3,(H,28,32)/t19-,21-/m1/s1. The van der Waals surface area contributed by atoms with Crippen molar-refractivity contribution >= 4 is 49.4 Å². The summed E-state index contributed by atoms with van der Waals surface area (Å²) in [7, 11) is -3.25. The number of nitrogens with one attached hydrogen (secondary N) is 2. The maximum atomic E-state index is 12.5. The zero-order valence-electron chi connectivity index (χ0n) is 19.6. The molecule has 2 atom stereocenters. The molecule has 10 nitrogen and oxygen atoms in total. The van der Waals surface area contributed by atoms with E-state index in [0.717, 1.165) is 22.3 Å². The van der Waals surface area contributed by atoms with Gasteiger partial charge in [-0.25, -0.2) is 13.4 Å². The number of nitrogens with zero attached hydrogens (tertiary/aromatic N) is 4. The maximum Gasteiger partial charge on any atom is 0.280 e. The number of carbonyl (C=O) groups is 1. The lowest BCUT2D eigenvalue weighted by molar-refractivity contribution is 0.0786. The summed E-state index contributed by atoms with van der Waals surface area (Å²) in [4.78, 5) is 22.1. The summed E-state index contributed by atoms with van der Waals surface area (Å²) in [6.45, 7) is 1.72. The molecule has 0 unspecified atom stereocenters. The number of aromatic amines is 1. The number of sulfonamides is 1. The normalized spacial score (nSPS) is 21.2. The third-order valence-corrected chi connectivity index (χ3v) is 8.78. The molecule has 1 fully saturated rings. The lowest BCUT2D eigenvalue weighted by Gasteiger charge is -2.38. The number of H-pyrrole nitrogens is 1. The number of hydrogen-bond donors (Lipinski definition) is 3. The molecule has 0 bridgehead atoms. The number of thiazole rings is 1. The Balaban J connectivity index is 1.43. The van der Waals surface area contributed by atoms with Crippen molar-refractivity contribution in [2.75, 3.05) is 37.3 Å². The first-order valence-corrected chi connectivity index (χ1v) is 14.3. The SMILES string of the molecule is CS(=O)(=O)N1CC=C(c2cc3c(N4CC[C@@H](O)[C@H](NC(=O)c5nccs5)C4)ccc(C#N)c3[nH]2)CC1. The van der Waals surface area contributed by atoms with E-state index >= 15 is 0 Å². The van der Waals surface area contributed by atoms with Gasteiger partial charge in [0.2, 0.25) is 10.0 Å². The molecule has 2 aliphatic rings. The number of carbonyl (C=O) groups excluding carboxylic acids is 1. The summed E-state index contributed by atoms with van der Waals surface area (Å²) >= 11 is 1.25. The fourth-order valence-electron chi connectivity index (χ4n) is 4.81. The first-order chi connectivity index (χ1) is 17.2. The quantitative estimate of drug-likeness (QED) is 0.461. The van der Waals surface area contributed by atoms with Gasteiger partial charge in [0.15, 0.2) is 5.01 Å². The maximum absolute atomic E-state index is 12.5. The van der Waals surface area contributed by atoms with Gasteiger partial charge in [-0.05, 0) is 36.6 Å². The van der Waals surface area contributed by atoms with Crippen molar-refractivity contribution in [2.45, 2.75) is 25.0 Å². The second-order valence-corrected chi connectivity index (χ2v) is 11.9. The van der Waals surface area contributed by atoms with Gasteiger partial charge >= 0.3 is 0 Å². The second-order valence-electron chi connectivity index (χ2n) is 9.04. The summed E-state index contributed by atoms with van der Waals surface area (Å²) in [5.74, 6) is -0.308. The van der Waals surface area contributed by atoms with E-state index in [1.165, 1.54) is 21.9 Å². The zero-order chi connectivity index (χ0) is 25.4. The van der Waals surface area contributed by atoms with Crippen LogP contribution in [-0.2, 0) is 10.0 Å². The number of aliphatic hydroxyl groups is 1. The molecule has 0 saturated carbocycles. The van der Waals surface area contributed by atoms with E-state index < -0.39 is 22.2 Å². The van der Waals surface area contributed by atoms with Crippen molar-refractivity contribution in [3.63, 3.8) is 0 Å². The molecule has 3 N–H and O–H groups in total. The summed E-state index contributed by atoms with van der Waals surface area (Å²) in [6, 6.07) is 7.44. The Hall–Kier alpha value is -3.24. The van der Waals surface area contributed by atoms with E-state index in [4.69, 9.17) is 0 Å². The van der Waals surface area contributed by atoms with Crippen LogP contribution in [0.3, 0.4) is 0 Å². The van der Waals surface area contributed by atoms with Crippen molar-refractivity contribution in [3.8, 4) is 6.07 Å². The summed E-state index contributed by atoms with van der Waals surface area (Å²) in [5.41, 5.74) is 3.99. The zero-order valence-corrected chi connectivity index (χ0v) is 21.3. The molecule has 36 heavy (non-hydrogen) atoms. The van der Waals surface area contributed by atoms with Gasteiger partial charge in [0, 0.05) is 54.5 Å².